The molecule has 26 heavy (non-hydrogen) atoms. The minimum atomic E-state index is -0.0829. The third-order valence-corrected chi connectivity index (χ3v) is 4.15. The van der Waals surface area contributed by atoms with Crippen LogP contribution in [0.3, 0.4) is 0 Å². The molecule has 0 radical (unpaired) electrons. The number of benzene rings is 1. The highest BCUT2D eigenvalue weighted by atomic mass is 16.1. The molecule has 0 saturated heterocycles. The monoisotopic (exact) mass is 349 g/mol. The first kappa shape index (κ1) is 17.7. The van der Waals surface area contributed by atoms with Gasteiger partial charge in [-0.25, -0.2) is 9.97 Å². The molecule has 6 heteroatoms. The number of anilines is 1. The standard InChI is InChI=1S/C20H23N5O/c1-24(2)20-22-12-17(13-23-20)16-11-18(25(3)14-16)19(26)21-10-9-15-7-5-4-6-8-15/h4-8,11-14H,9-10H2,1-3H3,(H,21,26). The molecular formula is C20H23N5O. The van der Waals surface area contributed by atoms with E-state index in [0.717, 1.165) is 17.5 Å². The van der Waals surface area contributed by atoms with E-state index in [1.807, 2.05) is 61.1 Å². The topological polar surface area (TPSA) is 63.1 Å². The van der Waals surface area contributed by atoms with Crippen molar-refractivity contribution >= 4 is 11.9 Å². The third kappa shape index (κ3) is 4.08. The van der Waals surface area contributed by atoms with Gasteiger partial charge >= 0.3 is 0 Å². The number of aromatic nitrogens is 3. The number of carbonyl (C=O) groups is 1. The summed E-state index contributed by atoms with van der Waals surface area (Å²) >= 11 is 0. The zero-order chi connectivity index (χ0) is 18.5. The van der Waals surface area contributed by atoms with E-state index in [1.54, 1.807) is 12.4 Å². The third-order valence-electron chi connectivity index (χ3n) is 4.15. The molecule has 6 nitrogen and oxygen atoms in total. The average molecular weight is 349 g/mol. The van der Waals surface area contributed by atoms with Crippen molar-refractivity contribution in [3.05, 3.63) is 66.2 Å². The van der Waals surface area contributed by atoms with Crippen LogP contribution < -0.4 is 10.2 Å². The Hall–Kier alpha value is -3.15. The molecule has 3 rings (SSSR count). The highest BCUT2D eigenvalue weighted by molar-refractivity contribution is 5.94. The van der Waals surface area contributed by atoms with E-state index in [0.29, 0.717) is 18.2 Å². The SMILES string of the molecule is CN(C)c1ncc(-c2cc(C(=O)NCCc3ccccc3)n(C)c2)cn1. The second-order valence-corrected chi connectivity index (χ2v) is 6.38. The Labute approximate surface area is 153 Å². The molecule has 0 aliphatic rings. The number of aryl methyl sites for hydroxylation is 1. The number of hydrogen-bond donors (Lipinski definition) is 1. The van der Waals surface area contributed by atoms with Crippen LogP contribution in [0.2, 0.25) is 0 Å². The van der Waals surface area contributed by atoms with Gasteiger partial charge in [0.2, 0.25) is 5.95 Å². The zero-order valence-electron chi connectivity index (χ0n) is 15.3. The Morgan fingerprint density at radius 1 is 1.12 bits per heavy atom. The summed E-state index contributed by atoms with van der Waals surface area (Å²) in [6.45, 7) is 0.601. The van der Waals surface area contributed by atoms with E-state index in [9.17, 15) is 4.79 Å². The Morgan fingerprint density at radius 2 is 1.81 bits per heavy atom. The first-order valence-corrected chi connectivity index (χ1v) is 8.53. The normalized spacial score (nSPS) is 10.6. The Balaban J connectivity index is 1.66. The number of nitrogens with one attached hydrogen (secondary N) is 1. The van der Waals surface area contributed by atoms with Gasteiger partial charge in [0.1, 0.15) is 5.69 Å². The van der Waals surface area contributed by atoms with Crippen LogP contribution in [0, 0.1) is 0 Å². The second kappa shape index (κ2) is 7.82. The molecule has 1 aromatic carbocycles. The molecule has 0 aliphatic heterocycles. The zero-order valence-corrected chi connectivity index (χ0v) is 15.3. The van der Waals surface area contributed by atoms with E-state index in [2.05, 4.69) is 27.4 Å². The lowest BCUT2D eigenvalue weighted by Crippen LogP contribution is -2.27. The van der Waals surface area contributed by atoms with Gasteiger partial charge in [0.25, 0.3) is 5.91 Å². The van der Waals surface area contributed by atoms with E-state index in [-0.39, 0.29) is 5.91 Å². The van der Waals surface area contributed by atoms with Gasteiger partial charge in [0.05, 0.1) is 0 Å². The van der Waals surface area contributed by atoms with Crippen LogP contribution in [0.1, 0.15) is 16.1 Å². The predicted molar refractivity (Wildman–Crippen MR) is 103 cm³/mol. The summed E-state index contributed by atoms with van der Waals surface area (Å²) in [5.41, 5.74) is 3.63. The quantitative estimate of drug-likeness (QED) is 0.743. The van der Waals surface area contributed by atoms with Crippen LogP contribution in [0.25, 0.3) is 11.1 Å². The maximum absolute atomic E-state index is 12.5. The molecule has 134 valence electrons. The molecule has 0 fully saturated rings. The van der Waals surface area contributed by atoms with Gasteiger partial charge in [0.15, 0.2) is 0 Å². The molecule has 1 N–H and O–H groups in total. The van der Waals surface area contributed by atoms with E-state index >= 15 is 0 Å². The average Bonchev–Trinajstić information content (AvgIpc) is 3.04. The van der Waals surface area contributed by atoms with Gasteiger partial charge < -0.3 is 14.8 Å². The summed E-state index contributed by atoms with van der Waals surface area (Å²) in [6.07, 6.45) is 6.27. The van der Waals surface area contributed by atoms with Gasteiger partial charge in [-0.15, -0.1) is 0 Å². The summed E-state index contributed by atoms with van der Waals surface area (Å²) in [5, 5.41) is 2.98. The van der Waals surface area contributed by atoms with Crippen molar-refractivity contribution in [2.24, 2.45) is 7.05 Å². The molecule has 2 aromatic heterocycles. The van der Waals surface area contributed by atoms with Crippen molar-refractivity contribution in [1.29, 1.82) is 0 Å². The van der Waals surface area contributed by atoms with Gasteiger partial charge in [-0.3, -0.25) is 4.79 Å². The first-order chi connectivity index (χ1) is 12.5. The molecule has 2 heterocycles. The van der Waals surface area contributed by atoms with E-state index < -0.39 is 0 Å². The molecule has 1 amide bonds. The van der Waals surface area contributed by atoms with Crippen molar-refractivity contribution in [3.63, 3.8) is 0 Å². The minimum Gasteiger partial charge on any atom is -0.350 e. The fourth-order valence-corrected chi connectivity index (χ4v) is 2.70. The molecule has 0 bridgehead atoms. The van der Waals surface area contributed by atoms with Gasteiger partial charge in [-0.1, -0.05) is 30.3 Å². The molecule has 0 saturated carbocycles. The maximum Gasteiger partial charge on any atom is 0.267 e. The number of carbonyl (C=O) groups excluding carboxylic acids is 1. The lowest BCUT2D eigenvalue weighted by Gasteiger charge is -2.09. The summed E-state index contributed by atoms with van der Waals surface area (Å²) in [6, 6.07) is 12.0. The second-order valence-electron chi connectivity index (χ2n) is 6.38. The van der Waals surface area contributed by atoms with E-state index in [1.165, 1.54) is 5.56 Å². The van der Waals surface area contributed by atoms with Gasteiger partial charge in [-0.05, 0) is 18.1 Å². The fraction of sp³-hybridized carbons (Fsp3) is 0.250. The van der Waals surface area contributed by atoms with Gasteiger partial charge in [0, 0.05) is 57.4 Å². The predicted octanol–water partition coefficient (Wildman–Crippen LogP) is 2.52. The van der Waals surface area contributed by atoms with Crippen molar-refractivity contribution in [1.82, 2.24) is 19.9 Å². The minimum absolute atomic E-state index is 0.0829. The van der Waals surface area contributed by atoms with E-state index in [4.69, 9.17) is 0 Å². The van der Waals surface area contributed by atoms with Crippen molar-refractivity contribution in [2.75, 3.05) is 25.5 Å². The lowest BCUT2D eigenvalue weighted by atomic mass is 10.1. The van der Waals surface area contributed by atoms with Crippen molar-refractivity contribution in [3.8, 4) is 11.1 Å². The lowest BCUT2D eigenvalue weighted by molar-refractivity contribution is 0.0946. The molecule has 0 spiro atoms. The summed E-state index contributed by atoms with van der Waals surface area (Å²) in [5.74, 6) is 0.573. The van der Waals surface area contributed by atoms with Crippen LogP contribution in [-0.2, 0) is 13.5 Å². The number of rotatable bonds is 6. The van der Waals surface area contributed by atoms with Crippen LogP contribution in [0.4, 0.5) is 5.95 Å². The molecule has 0 atom stereocenters. The summed E-state index contributed by atoms with van der Waals surface area (Å²) in [7, 11) is 5.66. The number of nitrogens with zero attached hydrogens (tertiary/aromatic N) is 4. The summed E-state index contributed by atoms with van der Waals surface area (Å²) < 4.78 is 1.83. The van der Waals surface area contributed by atoms with Crippen molar-refractivity contribution in [2.45, 2.75) is 6.42 Å². The Kier molecular flexibility index (Phi) is 5.31. The Bertz CT molecular complexity index is 869. The smallest absolute Gasteiger partial charge is 0.267 e. The fourth-order valence-electron chi connectivity index (χ4n) is 2.70. The van der Waals surface area contributed by atoms with Crippen LogP contribution >= 0.6 is 0 Å². The maximum atomic E-state index is 12.5. The Morgan fingerprint density at radius 3 is 2.46 bits per heavy atom. The largest absolute Gasteiger partial charge is 0.350 e. The van der Waals surface area contributed by atoms with Crippen LogP contribution in [0.5, 0.6) is 0 Å². The highest BCUT2D eigenvalue weighted by Crippen LogP contribution is 2.21. The number of amides is 1. The molecule has 0 unspecified atom stereocenters. The number of hydrogen-bond acceptors (Lipinski definition) is 4. The first-order valence-electron chi connectivity index (χ1n) is 8.53. The summed E-state index contributed by atoms with van der Waals surface area (Å²) in [4.78, 5) is 23.0. The molecular weight excluding hydrogens is 326 g/mol. The molecule has 3 aromatic rings. The highest BCUT2D eigenvalue weighted by Gasteiger charge is 2.13. The molecule has 0 aliphatic carbocycles. The van der Waals surface area contributed by atoms with Crippen LogP contribution in [-0.4, -0.2) is 41.1 Å². The van der Waals surface area contributed by atoms with Crippen LogP contribution in [0.15, 0.2) is 55.0 Å². The van der Waals surface area contributed by atoms with Crippen molar-refractivity contribution < 1.29 is 4.79 Å². The van der Waals surface area contributed by atoms with Gasteiger partial charge in [-0.2, -0.15) is 0 Å².